The summed E-state index contributed by atoms with van der Waals surface area (Å²) >= 11 is 6.19. The molecule has 0 radical (unpaired) electrons. The van der Waals surface area contributed by atoms with Crippen LogP contribution in [-0.4, -0.2) is 13.1 Å². The molecule has 20 heavy (non-hydrogen) atoms. The average Bonchev–Trinajstić information content (AvgIpc) is 2.49. The summed E-state index contributed by atoms with van der Waals surface area (Å²) in [5, 5.41) is 0.753. The second-order valence-corrected chi connectivity index (χ2v) is 5.24. The Balaban J connectivity index is 1.99. The summed E-state index contributed by atoms with van der Waals surface area (Å²) < 4.78 is 0. The van der Waals surface area contributed by atoms with Gasteiger partial charge in [-0.2, -0.15) is 0 Å². The van der Waals surface area contributed by atoms with Crippen LogP contribution in [0.3, 0.4) is 0 Å². The number of nitrogens with zero attached hydrogens (tertiary/aromatic N) is 1. The van der Waals surface area contributed by atoms with E-state index < -0.39 is 0 Å². The second-order valence-electron chi connectivity index (χ2n) is 4.83. The molecule has 2 N–H and O–H groups in total. The SMILES string of the molecule is CCN(CCC(N)c1ccccc1Cl)c1ccccc1. The summed E-state index contributed by atoms with van der Waals surface area (Å²) in [7, 11) is 0. The fraction of sp³-hybridized carbons (Fsp3) is 0.294. The van der Waals surface area contributed by atoms with Gasteiger partial charge in [-0.1, -0.05) is 48.0 Å². The minimum Gasteiger partial charge on any atom is -0.372 e. The third-order valence-electron chi connectivity index (χ3n) is 3.52. The number of rotatable bonds is 6. The molecule has 0 bridgehead atoms. The lowest BCUT2D eigenvalue weighted by Gasteiger charge is -2.25. The summed E-state index contributed by atoms with van der Waals surface area (Å²) in [6.45, 7) is 4.06. The Morgan fingerprint density at radius 2 is 1.70 bits per heavy atom. The highest BCUT2D eigenvalue weighted by molar-refractivity contribution is 6.31. The molecule has 2 aromatic carbocycles. The average molecular weight is 289 g/mol. The Morgan fingerprint density at radius 1 is 1.05 bits per heavy atom. The van der Waals surface area contributed by atoms with Crippen molar-refractivity contribution in [1.82, 2.24) is 0 Å². The molecule has 0 aliphatic rings. The summed E-state index contributed by atoms with van der Waals surface area (Å²) in [6.07, 6.45) is 0.881. The van der Waals surface area contributed by atoms with Crippen molar-refractivity contribution < 1.29 is 0 Å². The van der Waals surface area contributed by atoms with E-state index in [-0.39, 0.29) is 6.04 Å². The molecule has 2 nitrogen and oxygen atoms in total. The molecule has 0 aromatic heterocycles. The Bertz CT molecular complexity index is 528. The molecule has 2 aromatic rings. The van der Waals surface area contributed by atoms with Crippen LogP contribution in [-0.2, 0) is 0 Å². The van der Waals surface area contributed by atoms with Gasteiger partial charge in [-0.15, -0.1) is 0 Å². The zero-order valence-electron chi connectivity index (χ0n) is 11.8. The Kier molecular flexibility index (Phi) is 5.45. The molecular formula is C17H21ClN2. The van der Waals surface area contributed by atoms with Gasteiger partial charge in [0.2, 0.25) is 0 Å². The molecule has 106 valence electrons. The summed E-state index contributed by atoms with van der Waals surface area (Å²) in [4.78, 5) is 2.33. The van der Waals surface area contributed by atoms with Gasteiger partial charge in [-0.3, -0.25) is 0 Å². The number of halogens is 1. The minimum atomic E-state index is -0.0264. The Morgan fingerprint density at radius 3 is 2.35 bits per heavy atom. The third kappa shape index (κ3) is 3.75. The van der Waals surface area contributed by atoms with Crippen LogP contribution in [0.5, 0.6) is 0 Å². The molecule has 0 aliphatic carbocycles. The van der Waals surface area contributed by atoms with Crippen LogP contribution in [0.25, 0.3) is 0 Å². The van der Waals surface area contributed by atoms with Crippen LogP contribution in [0.15, 0.2) is 54.6 Å². The van der Waals surface area contributed by atoms with E-state index in [1.165, 1.54) is 5.69 Å². The van der Waals surface area contributed by atoms with E-state index in [0.29, 0.717) is 0 Å². The van der Waals surface area contributed by atoms with E-state index in [4.69, 9.17) is 17.3 Å². The highest BCUT2D eigenvalue weighted by atomic mass is 35.5. The second kappa shape index (κ2) is 7.32. The molecule has 0 heterocycles. The van der Waals surface area contributed by atoms with Crippen molar-refractivity contribution in [3.8, 4) is 0 Å². The van der Waals surface area contributed by atoms with Crippen LogP contribution >= 0.6 is 11.6 Å². The van der Waals surface area contributed by atoms with Crippen molar-refractivity contribution in [3.63, 3.8) is 0 Å². The molecule has 1 atom stereocenters. The Hall–Kier alpha value is -1.51. The number of nitrogens with two attached hydrogens (primary N) is 1. The normalized spacial score (nSPS) is 12.2. The van der Waals surface area contributed by atoms with E-state index >= 15 is 0 Å². The molecule has 2 rings (SSSR count). The van der Waals surface area contributed by atoms with Gasteiger partial charge in [-0.05, 0) is 37.1 Å². The van der Waals surface area contributed by atoms with Gasteiger partial charge in [0, 0.05) is 29.8 Å². The van der Waals surface area contributed by atoms with Gasteiger partial charge in [0.1, 0.15) is 0 Å². The minimum absolute atomic E-state index is 0.0264. The lowest BCUT2D eigenvalue weighted by molar-refractivity contribution is 0.632. The highest BCUT2D eigenvalue weighted by Crippen LogP contribution is 2.24. The lowest BCUT2D eigenvalue weighted by Crippen LogP contribution is -2.27. The first-order chi connectivity index (χ1) is 9.72. The van der Waals surface area contributed by atoms with Crippen molar-refractivity contribution in [2.24, 2.45) is 5.73 Å². The monoisotopic (exact) mass is 288 g/mol. The van der Waals surface area contributed by atoms with Crippen LogP contribution < -0.4 is 10.6 Å². The first kappa shape index (κ1) is 14.9. The first-order valence-electron chi connectivity index (χ1n) is 7.02. The maximum atomic E-state index is 6.27. The van der Waals surface area contributed by atoms with Gasteiger partial charge in [0.25, 0.3) is 0 Å². The highest BCUT2D eigenvalue weighted by Gasteiger charge is 2.11. The topological polar surface area (TPSA) is 29.3 Å². The van der Waals surface area contributed by atoms with Gasteiger partial charge in [0.15, 0.2) is 0 Å². The predicted molar refractivity (Wildman–Crippen MR) is 87.3 cm³/mol. The van der Waals surface area contributed by atoms with Gasteiger partial charge in [-0.25, -0.2) is 0 Å². The van der Waals surface area contributed by atoms with Crippen molar-refractivity contribution in [1.29, 1.82) is 0 Å². The molecule has 0 aliphatic heterocycles. The van der Waals surface area contributed by atoms with Crippen LogP contribution in [0.1, 0.15) is 24.9 Å². The number of hydrogen-bond donors (Lipinski definition) is 1. The molecule has 0 spiro atoms. The molecule has 0 fully saturated rings. The van der Waals surface area contributed by atoms with Crippen LogP contribution in [0.4, 0.5) is 5.69 Å². The molecule has 3 heteroatoms. The third-order valence-corrected chi connectivity index (χ3v) is 3.86. The smallest absolute Gasteiger partial charge is 0.0453 e. The quantitative estimate of drug-likeness (QED) is 0.861. The fourth-order valence-electron chi connectivity index (χ4n) is 2.33. The van der Waals surface area contributed by atoms with E-state index in [1.807, 2.05) is 30.3 Å². The summed E-state index contributed by atoms with van der Waals surface area (Å²) in [6, 6.07) is 18.2. The predicted octanol–water partition coefficient (Wildman–Crippen LogP) is 4.26. The fourth-order valence-corrected chi connectivity index (χ4v) is 2.61. The van der Waals surface area contributed by atoms with E-state index in [9.17, 15) is 0 Å². The largest absolute Gasteiger partial charge is 0.372 e. The molecule has 1 unspecified atom stereocenters. The van der Waals surface area contributed by atoms with E-state index in [1.54, 1.807) is 0 Å². The molecular weight excluding hydrogens is 268 g/mol. The van der Waals surface area contributed by atoms with E-state index in [0.717, 1.165) is 30.1 Å². The number of anilines is 1. The molecule has 0 saturated carbocycles. The van der Waals surface area contributed by atoms with Gasteiger partial charge in [0.05, 0.1) is 0 Å². The number of hydrogen-bond acceptors (Lipinski definition) is 2. The zero-order chi connectivity index (χ0) is 14.4. The van der Waals surface area contributed by atoms with Gasteiger partial charge < -0.3 is 10.6 Å². The van der Waals surface area contributed by atoms with Crippen molar-refractivity contribution in [2.45, 2.75) is 19.4 Å². The van der Waals surface area contributed by atoms with Crippen LogP contribution in [0, 0.1) is 0 Å². The van der Waals surface area contributed by atoms with Crippen LogP contribution in [0.2, 0.25) is 5.02 Å². The number of benzene rings is 2. The van der Waals surface area contributed by atoms with Crippen molar-refractivity contribution in [2.75, 3.05) is 18.0 Å². The maximum absolute atomic E-state index is 6.27. The van der Waals surface area contributed by atoms with Gasteiger partial charge >= 0.3 is 0 Å². The van der Waals surface area contributed by atoms with E-state index in [2.05, 4.69) is 36.1 Å². The van der Waals surface area contributed by atoms with Crippen molar-refractivity contribution >= 4 is 17.3 Å². The maximum Gasteiger partial charge on any atom is 0.0453 e. The summed E-state index contributed by atoms with van der Waals surface area (Å²) in [5.41, 5.74) is 8.53. The first-order valence-corrected chi connectivity index (χ1v) is 7.40. The lowest BCUT2D eigenvalue weighted by atomic mass is 10.0. The zero-order valence-corrected chi connectivity index (χ0v) is 12.6. The Labute approximate surface area is 126 Å². The molecule has 0 saturated heterocycles. The summed E-state index contributed by atoms with van der Waals surface area (Å²) in [5.74, 6) is 0. The standard InChI is InChI=1S/C17H21ClN2/c1-2-20(14-8-4-3-5-9-14)13-12-17(19)15-10-6-7-11-16(15)18/h3-11,17H,2,12-13,19H2,1H3. The number of para-hydroxylation sites is 1. The molecule has 0 amide bonds. The van der Waals surface area contributed by atoms with Crippen molar-refractivity contribution in [3.05, 3.63) is 65.2 Å².